The van der Waals surface area contributed by atoms with Crippen LogP contribution in [0, 0.1) is 17.0 Å². The molecule has 0 aromatic heterocycles. The molecule has 0 bridgehead atoms. The van der Waals surface area contributed by atoms with Gasteiger partial charge < -0.3 is 15.0 Å². The van der Waals surface area contributed by atoms with Crippen LogP contribution in [0.2, 0.25) is 0 Å². The highest BCUT2D eigenvalue weighted by atomic mass is 16.6. The topological polar surface area (TPSA) is 84.7 Å². The number of aryl methyl sites for hydroxylation is 2. The maximum absolute atomic E-state index is 12.6. The number of nitrogens with one attached hydrogen (secondary N) is 1. The van der Waals surface area contributed by atoms with E-state index in [-0.39, 0.29) is 18.1 Å². The van der Waals surface area contributed by atoms with Crippen molar-refractivity contribution in [2.75, 3.05) is 30.4 Å². The SMILES string of the molecule is COc1ccc2c(c1)CCCCN2CC(=O)Nc1cc([N+](=O)[O-])ccc1C. The standard InChI is InChI=1S/C20H23N3O4/c1-14-6-7-16(23(25)26)12-18(14)21-20(24)13-22-10-4-3-5-15-11-17(27-2)8-9-19(15)22/h6-9,11-12H,3-5,10,13H2,1-2H3,(H,21,24). The fourth-order valence-electron chi connectivity index (χ4n) is 3.32. The van der Waals surface area contributed by atoms with Crippen LogP contribution in [0.15, 0.2) is 36.4 Å². The lowest BCUT2D eigenvalue weighted by molar-refractivity contribution is -0.384. The molecule has 7 nitrogen and oxygen atoms in total. The number of nitro groups is 1. The number of anilines is 2. The van der Waals surface area contributed by atoms with Crippen LogP contribution in [0.5, 0.6) is 5.75 Å². The number of hydrogen-bond acceptors (Lipinski definition) is 5. The Kier molecular flexibility index (Phi) is 5.59. The van der Waals surface area contributed by atoms with Gasteiger partial charge in [-0.25, -0.2) is 0 Å². The summed E-state index contributed by atoms with van der Waals surface area (Å²) in [7, 11) is 1.64. The number of benzene rings is 2. The molecule has 0 unspecified atom stereocenters. The van der Waals surface area contributed by atoms with Gasteiger partial charge in [0.1, 0.15) is 5.75 Å². The molecule has 2 aromatic carbocycles. The lowest BCUT2D eigenvalue weighted by Crippen LogP contribution is -2.34. The molecule has 3 rings (SSSR count). The second kappa shape index (κ2) is 8.07. The Morgan fingerprint density at radius 2 is 2.07 bits per heavy atom. The van der Waals surface area contributed by atoms with Crippen molar-refractivity contribution in [3.63, 3.8) is 0 Å². The average Bonchev–Trinajstić information content (AvgIpc) is 2.85. The highest BCUT2D eigenvalue weighted by Crippen LogP contribution is 2.30. The average molecular weight is 369 g/mol. The van der Waals surface area contributed by atoms with Crippen molar-refractivity contribution in [3.05, 3.63) is 57.6 Å². The number of ether oxygens (including phenoxy) is 1. The maximum atomic E-state index is 12.6. The molecule has 1 amide bonds. The van der Waals surface area contributed by atoms with Crippen molar-refractivity contribution < 1.29 is 14.5 Å². The summed E-state index contributed by atoms with van der Waals surface area (Å²) < 4.78 is 5.31. The zero-order valence-electron chi connectivity index (χ0n) is 15.5. The second-order valence-electron chi connectivity index (χ2n) is 6.68. The van der Waals surface area contributed by atoms with Crippen molar-refractivity contribution in [1.29, 1.82) is 0 Å². The van der Waals surface area contributed by atoms with E-state index in [1.807, 2.05) is 25.1 Å². The van der Waals surface area contributed by atoms with Gasteiger partial charge in [0.2, 0.25) is 5.91 Å². The predicted octanol–water partition coefficient (Wildman–Crippen LogP) is 3.69. The Labute approximate surface area is 158 Å². The van der Waals surface area contributed by atoms with Gasteiger partial charge in [-0.2, -0.15) is 0 Å². The van der Waals surface area contributed by atoms with E-state index < -0.39 is 4.92 Å². The third-order valence-corrected chi connectivity index (χ3v) is 4.79. The molecule has 0 aliphatic carbocycles. The molecule has 27 heavy (non-hydrogen) atoms. The summed E-state index contributed by atoms with van der Waals surface area (Å²) in [6.07, 6.45) is 3.01. The zero-order chi connectivity index (χ0) is 19.4. The molecule has 0 fully saturated rings. The number of amides is 1. The summed E-state index contributed by atoms with van der Waals surface area (Å²) >= 11 is 0. The van der Waals surface area contributed by atoms with Crippen LogP contribution in [-0.2, 0) is 11.2 Å². The monoisotopic (exact) mass is 369 g/mol. The lowest BCUT2D eigenvalue weighted by atomic mass is 10.1. The van der Waals surface area contributed by atoms with Crippen LogP contribution in [0.25, 0.3) is 0 Å². The van der Waals surface area contributed by atoms with Gasteiger partial charge in [0.05, 0.1) is 24.3 Å². The van der Waals surface area contributed by atoms with Crippen LogP contribution in [0.1, 0.15) is 24.0 Å². The largest absolute Gasteiger partial charge is 0.497 e. The molecule has 0 radical (unpaired) electrons. The highest BCUT2D eigenvalue weighted by Gasteiger charge is 2.19. The Balaban J connectivity index is 1.77. The first kappa shape index (κ1) is 18.7. The first-order valence-electron chi connectivity index (χ1n) is 8.94. The smallest absolute Gasteiger partial charge is 0.271 e. The van der Waals surface area contributed by atoms with E-state index in [1.165, 1.54) is 17.7 Å². The first-order valence-corrected chi connectivity index (χ1v) is 8.94. The van der Waals surface area contributed by atoms with Crippen LogP contribution in [-0.4, -0.2) is 31.0 Å². The van der Waals surface area contributed by atoms with E-state index in [4.69, 9.17) is 4.74 Å². The van der Waals surface area contributed by atoms with E-state index >= 15 is 0 Å². The molecule has 0 spiro atoms. The number of carbonyl (C=O) groups excluding carboxylic acids is 1. The summed E-state index contributed by atoms with van der Waals surface area (Å²) in [5.74, 6) is 0.620. The normalized spacial score (nSPS) is 13.5. The molecule has 1 aliphatic heterocycles. The molecule has 1 N–H and O–H groups in total. The van der Waals surface area contributed by atoms with E-state index in [9.17, 15) is 14.9 Å². The van der Waals surface area contributed by atoms with Crippen molar-refractivity contribution in [3.8, 4) is 5.75 Å². The van der Waals surface area contributed by atoms with Crippen LogP contribution < -0.4 is 15.0 Å². The third kappa shape index (κ3) is 4.36. The zero-order valence-corrected chi connectivity index (χ0v) is 15.5. The Hall–Kier alpha value is -3.09. The van der Waals surface area contributed by atoms with Crippen LogP contribution in [0.4, 0.5) is 17.1 Å². The second-order valence-corrected chi connectivity index (χ2v) is 6.68. The molecule has 0 saturated heterocycles. The number of nitrogens with zero attached hydrogens (tertiary/aromatic N) is 2. The Morgan fingerprint density at radius 1 is 1.26 bits per heavy atom. The number of methoxy groups -OCH3 is 1. The fourth-order valence-corrected chi connectivity index (χ4v) is 3.32. The van der Waals surface area contributed by atoms with Gasteiger partial charge in [-0.1, -0.05) is 6.07 Å². The molecule has 142 valence electrons. The molecule has 2 aromatic rings. The summed E-state index contributed by atoms with van der Waals surface area (Å²) in [6.45, 7) is 2.80. The minimum absolute atomic E-state index is 0.0388. The van der Waals surface area contributed by atoms with Gasteiger partial charge >= 0.3 is 0 Å². The van der Waals surface area contributed by atoms with E-state index in [0.29, 0.717) is 5.69 Å². The van der Waals surface area contributed by atoms with Crippen molar-refractivity contribution >= 4 is 23.0 Å². The summed E-state index contributed by atoms with van der Waals surface area (Å²) in [5.41, 5.74) is 3.43. The number of fused-ring (bicyclic) bond motifs is 1. The molecule has 0 saturated carbocycles. The van der Waals surface area contributed by atoms with Crippen molar-refractivity contribution in [1.82, 2.24) is 0 Å². The number of rotatable bonds is 5. The molecule has 1 heterocycles. The van der Waals surface area contributed by atoms with Gasteiger partial charge in [-0.3, -0.25) is 14.9 Å². The summed E-state index contributed by atoms with van der Waals surface area (Å²) in [4.78, 5) is 25.2. The van der Waals surface area contributed by atoms with Gasteiger partial charge in [0.15, 0.2) is 0 Å². The number of hydrogen-bond donors (Lipinski definition) is 1. The number of non-ortho nitro benzene ring substituents is 1. The third-order valence-electron chi connectivity index (χ3n) is 4.79. The minimum Gasteiger partial charge on any atom is -0.497 e. The quantitative estimate of drug-likeness (QED) is 0.642. The first-order chi connectivity index (χ1) is 13.0. The fraction of sp³-hybridized carbons (Fsp3) is 0.350. The molecular weight excluding hydrogens is 346 g/mol. The Morgan fingerprint density at radius 3 is 2.81 bits per heavy atom. The predicted molar refractivity (Wildman–Crippen MR) is 105 cm³/mol. The summed E-state index contributed by atoms with van der Waals surface area (Å²) in [6, 6.07) is 10.4. The maximum Gasteiger partial charge on any atom is 0.271 e. The Bertz CT molecular complexity index is 866. The van der Waals surface area contributed by atoms with Crippen LogP contribution in [0.3, 0.4) is 0 Å². The van der Waals surface area contributed by atoms with E-state index in [1.54, 1.807) is 13.2 Å². The van der Waals surface area contributed by atoms with Gasteiger partial charge in [-0.15, -0.1) is 0 Å². The minimum atomic E-state index is -0.465. The van der Waals surface area contributed by atoms with Crippen LogP contribution >= 0.6 is 0 Å². The molecule has 7 heteroatoms. The molecule has 0 atom stereocenters. The number of carbonyl (C=O) groups is 1. The number of nitro benzene ring substituents is 1. The van der Waals surface area contributed by atoms with E-state index in [2.05, 4.69) is 10.2 Å². The van der Waals surface area contributed by atoms with E-state index in [0.717, 1.165) is 42.8 Å². The van der Waals surface area contributed by atoms with Gasteiger partial charge in [0.25, 0.3) is 5.69 Å². The van der Waals surface area contributed by atoms with Gasteiger partial charge in [-0.05, 0) is 55.5 Å². The van der Waals surface area contributed by atoms with Crippen molar-refractivity contribution in [2.45, 2.75) is 26.2 Å². The lowest BCUT2D eigenvalue weighted by Gasteiger charge is -2.24. The summed E-state index contributed by atoms with van der Waals surface area (Å²) in [5, 5.41) is 13.8. The van der Waals surface area contributed by atoms with Gasteiger partial charge in [0, 0.05) is 24.4 Å². The molecule has 1 aliphatic rings. The van der Waals surface area contributed by atoms with Crippen molar-refractivity contribution in [2.24, 2.45) is 0 Å². The highest BCUT2D eigenvalue weighted by molar-refractivity contribution is 5.95. The molecular formula is C20H23N3O4.